The van der Waals surface area contributed by atoms with Gasteiger partial charge in [0.1, 0.15) is 5.52 Å². The van der Waals surface area contributed by atoms with Crippen molar-refractivity contribution in [2.45, 2.75) is 96.2 Å². The Bertz CT molecular complexity index is 2110. The fourth-order valence-corrected chi connectivity index (χ4v) is 9.28. The summed E-state index contributed by atoms with van der Waals surface area (Å²) in [5.41, 5.74) is 6.94. The number of nitrogens with one attached hydrogen (secondary N) is 2. The van der Waals surface area contributed by atoms with Crippen LogP contribution in [-0.2, 0) is 19.7 Å². The summed E-state index contributed by atoms with van der Waals surface area (Å²) in [6.07, 6.45) is 8.90. The molecule has 2 N–H and O–H groups in total. The van der Waals surface area contributed by atoms with Crippen LogP contribution in [0.25, 0.3) is 22.3 Å². The summed E-state index contributed by atoms with van der Waals surface area (Å²) < 4.78 is 7.23. The topological polar surface area (TPSA) is 125 Å². The van der Waals surface area contributed by atoms with Gasteiger partial charge in [0, 0.05) is 74.3 Å². The van der Waals surface area contributed by atoms with Gasteiger partial charge in [-0.25, -0.2) is 9.97 Å². The number of methoxy groups -OCH3 is 1. The number of piperidine rings is 2. The summed E-state index contributed by atoms with van der Waals surface area (Å²) in [4.78, 5) is 56.9. The lowest BCUT2D eigenvalue weighted by Crippen LogP contribution is -2.58. The molecule has 1 saturated carbocycles. The highest BCUT2D eigenvalue weighted by Gasteiger charge is 2.55. The van der Waals surface area contributed by atoms with Gasteiger partial charge in [0.2, 0.25) is 11.8 Å². The number of hydrogen-bond acceptors (Lipinski definition) is 8. The van der Waals surface area contributed by atoms with Crippen LogP contribution in [0.4, 0.5) is 17.2 Å². The maximum atomic E-state index is 14.8. The average molecular weight is 747 g/mol. The Morgan fingerprint density at radius 1 is 0.982 bits per heavy atom. The van der Waals surface area contributed by atoms with Gasteiger partial charge in [0.25, 0.3) is 5.91 Å². The van der Waals surface area contributed by atoms with Crippen molar-refractivity contribution in [2.75, 3.05) is 56.7 Å². The number of anilines is 3. The van der Waals surface area contributed by atoms with Crippen molar-refractivity contribution in [3.05, 3.63) is 65.5 Å². The second kappa shape index (κ2) is 15.0. The first-order chi connectivity index (χ1) is 26.6. The zero-order valence-electron chi connectivity index (χ0n) is 32.9. The number of carbonyl (C=O) groups is 3. The molecule has 4 aromatic rings. The SMILES string of the molecule is COCCNC(=O)c1cc(Nc2nc(-c3ccc4c(c3)N([C@H]3C[C@@H](N5CCCCC5)C3)C(=O)C43CCN(C(C)=O)CC3)cc3ncn(C(C)C)c23)ccc1C. The third kappa shape index (κ3) is 6.77. The van der Waals surface area contributed by atoms with E-state index in [0.29, 0.717) is 56.5 Å². The molecule has 1 spiro atoms. The molecule has 0 atom stereocenters. The number of hydrogen-bond donors (Lipinski definition) is 2. The van der Waals surface area contributed by atoms with E-state index in [1.165, 1.54) is 19.3 Å². The maximum absolute atomic E-state index is 14.8. The number of imidazole rings is 1. The zero-order valence-corrected chi connectivity index (χ0v) is 32.9. The number of aromatic nitrogens is 3. The van der Waals surface area contributed by atoms with E-state index in [1.807, 2.05) is 42.4 Å². The van der Waals surface area contributed by atoms with E-state index in [1.54, 1.807) is 14.0 Å². The zero-order chi connectivity index (χ0) is 38.4. The van der Waals surface area contributed by atoms with Gasteiger partial charge in [-0.2, -0.15) is 0 Å². The molecule has 3 aliphatic heterocycles. The molecule has 290 valence electrons. The molecule has 12 heteroatoms. The molecule has 12 nitrogen and oxygen atoms in total. The number of benzene rings is 2. The van der Waals surface area contributed by atoms with Crippen LogP contribution in [0.5, 0.6) is 0 Å². The summed E-state index contributed by atoms with van der Waals surface area (Å²) in [6, 6.07) is 15.0. The number of carbonyl (C=O) groups excluding carboxylic acids is 3. The van der Waals surface area contributed by atoms with Crippen LogP contribution >= 0.6 is 0 Å². The van der Waals surface area contributed by atoms with Crippen LogP contribution in [0.2, 0.25) is 0 Å². The van der Waals surface area contributed by atoms with E-state index in [4.69, 9.17) is 14.7 Å². The fourth-order valence-electron chi connectivity index (χ4n) is 9.28. The summed E-state index contributed by atoms with van der Waals surface area (Å²) in [7, 11) is 1.61. The van der Waals surface area contributed by atoms with Crippen LogP contribution in [0.15, 0.2) is 48.8 Å². The first kappa shape index (κ1) is 37.1. The van der Waals surface area contributed by atoms with Gasteiger partial charge in [-0.15, -0.1) is 0 Å². The molecule has 2 saturated heterocycles. The van der Waals surface area contributed by atoms with Crippen LogP contribution < -0.4 is 15.5 Å². The van der Waals surface area contributed by atoms with Crippen LogP contribution in [0.3, 0.4) is 0 Å². The minimum absolute atomic E-state index is 0.0640. The fraction of sp³-hybridized carbons (Fsp3) is 0.512. The monoisotopic (exact) mass is 746 g/mol. The van der Waals surface area contributed by atoms with E-state index in [0.717, 1.165) is 70.7 Å². The molecular formula is C43H54N8O4. The number of fused-ring (bicyclic) bond motifs is 3. The number of ether oxygens (including phenoxy) is 1. The molecule has 0 unspecified atom stereocenters. The number of pyridine rings is 1. The second-order valence-corrected chi connectivity index (χ2v) is 16.2. The van der Waals surface area contributed by atoms with Gasteiger partial charge in [0.15, 0.2) is 5.82 Å². The number of aryl methyl sites for hydroxylation is 1. The lowest BCUT2D eigenvalue weighted by Gasteiger charge is -2.48. The first-order valence-corrected chi connectivity index (χ1v) is 20.1. The van der Waals surface area contributed by atoms with Gasteiger partial charge >= 0.3 is 0 Å². The largest absolute Gasteiger partial charge is 0.383 e. The summed E-state index contributed by atoms with van der Waals surface area (Å²) in [6.45, 7) is 12.1. The van der Waals surface area contributed by atoms with E-state index < -0.39 is 5.41 Å². The van der Waals surface area contributed by atoms with Crippen molar-refractivity contribution in [3.63, 3.8) is 0 Å². The minimum Gasteiger partial charge on any atom is -0.383 e. The second-order valence-electron chi connectivity index (χ2n) is 16.2. The average Bonchev–Trinajstić information content (AvgIpc) is 3.70. The molecule has 2 aromatic heterocycles. The smallest absolute Gasteiger partial charge is 0.251 e. The van der Waals surface area contributed by atoms with E-state index >= 15 is 0 Å². The summed E-state index contributed by atoms with van der Waals surface area (Å²) >= 11 is 0. The molecule has 8 rings (SSSR count). The van der Waals surface area contributed by atoms with E-state index in [2.05, 4.69) is 57.0 Å². The van der Waals surface area contributed by atoms with Gasteiger partial charge in [-0.05, 0) is 108 Å². The van der Waals surface area contributed by atoms with Crippen molar-refractivity contribution in [3.8, 4) is 11.3 Å². The van der Waals surface area contributed by atoms with Gasteiger partial charge in [0.05, 0.1) is 29.6 Å². The summed E-state index contributed by atoms with van der Waals surface area (Å²) in [5, 5.41) is 6.48. The van der Waals surface area contributed by atoms with Crippen molar-refractivity contribution < 1.29 is 19.1 Å². The van der Waals surface area contributed by atoms with E-state index in [-0.39, 0.29) is 29.8 Å². The predicted octanol–water partition coefficient (Wildman–Crippen LogP) is 6.35. The molecule has 55 heavy (non-hydrogen) atoms. The maximum Gasteiger partial charge on any atom is 0.251 e. The normalized spacial score (nSPS) is 20.9. The molecule has 0 bridgehead atoms. The Morgan fingerprint density at radius 3 is 2.45 bits per heavy atom. The lowest BCUT2D eigenvalue weighted by molar-refractivity contribution is -0.134. The number of amides is 3. The van der Waals surface area contributed by atoms with Crippen LogP contribution in [0.1, 0.15) is 93.2 Å². The Hall–Kier alpha value is -4.81. The molecule has 3 amide bonds. The van der Waals surface area contributed by atoms with Crippen LogP contribution in [-0.4, -0.2) is 101 Å². The summed E-state index contributed by atoms with van der Waals surface area (Å²) in [5.74, 6) is 0.730. The highest BCUT2D eigenvalue weighted by molar-refractivity contribution is 6.09. The first-order valence-electron chi connectivity index (χ1n) is 20.1. The standard InChI is InChI=1S/C43H54N8O4/c1-27(2)50-26-45-37-25-36(47-40(39(37)50)46-31-11-9-28(3)34(22-31)41(53)44-15-20-55-5)30-10-12-35-38(21-30)51(33-23-32(24-33)49-16-7-6-8-17-49)42(54)43(35)13-18-48(19-14-43)29(4)52/h9-12,21-22,25-27,32-33H,6-8,13-20,23-24H2,1-5H3,(H,44,53)(H,46,47)/t32-,33+. The Labute approximate surface area is 323 Å². The van der Waals surface area contributed by atoms with Gasteiger partial charge < -0.3 is 34.6 Å². The number of rotatable bonds is 10. The van der Waals surface area contributed by atoms with Crippen molar-refractivity contribution in [1.29, 1.82) is 0 Å². The molecule has 4 aliphatic rings. The number of nitrogens with zero attached hydrogens (tertiary/aromatic N) is 6. The highest BCUT2D eigenvalue weighted by Crippen LogP contribution is 2.52. The van der Waals surface area contributed by atoms with E-state index in [9.17, 15) is 14.4 Å². The predicted molar refractivity (Wildman–Crippen MR) is 215 cm³/mol. The number of likely N-dealkylation sites (tertiary alicyclic amines) is 2. The highest BCUT2D eigenvalue weighted by atomic mass is 16.5. The third-order valence-corrected chi connectivity index (χ3v) is 12.6. The minimum atomic E-state index is -0.630. The van der Waals surface area contributed by atoms with Crippen LogP contribution in [0, 0.1) is 6.92 Å². The molecule has 3 fully saturated rings. The van der Waals surface area contributed by atoms with Gasteiger partial charge in [-0.1, -0.05) is 24.6 Å². The molecule has 2 aromatic carbocycles. The third-order valence-electron chi connectivity index (χ3n) is 12.6. The molecule has 1 aliphatic carbocycles. The lowest BCUT2D eigenvalue weighted by atomic mass is 9.73. The molecule has 0 radical (unpaired) electrons. The van der Waals surface area contributed by atoms with Gasteiger partial charge in [-0.3, -0.25) is 14.4 Å². The Kier molecular flexibility index (Phi) is 10.1. The molecular weight excluding hydrogens is 693 g/mol. The van der Waals surface area contributed by atoms with Crippen molar-refractivity contribution >= 4 is 45.9 Å². The van der Waals surface area contributed by atoms with Crippen molar-refractivity contribution in [2.24, 2.45) is 0 Å². The Morgan fingerprint density at radius 2 is 1.75 bits per heavy atom. The molecule has 5 heterocycles. The quantitative estimate of drug-likeness (QED) is 0.180. The Balaban J connectivity index is 1.16. The van der Waals surface area contributed by atoms with Crippen molar-refractivity contribution in [1.82, 2.24) is 29.7 Å².